The van der Waals surface area contributed by atoms with Gasteiger partial charge in [0.05, 0.1) is 5.25 Å². The van der Waals surface area contributed by atoms with E-state index in [4.69, 9.17) is 0 Å². The van der Waals surface area contributed by atoms with Crippen LogP contribution in [0.2, 0.25) is 0 Å². The molecule has 0 spiro atoms. The van der Waals surface area contributed by atoms with Crippen molar-refractivity contribution in [1.29, 1.82) is 5.26 Å². The summed E-state index contributed by atoms with van der Waals surface area (Å²) in [6.07, 6.45) is 0.506. The molecule has 0 radical (unpaired) electrons. The SMILES string of the molecule is Cc1ccc(CC2S/C(=C(/C#N)C(=O)Nc3cccc(C)c3)N(c3ccc(C(C)C)cc3)C2=O)cc1. The molecule has 1 aliphatic rings. The second-order valence-corrected chi connectivity index (χ2v) is 10.5. The maximum Gasteiger partial charge on any atom is 0.269 e. The monoisotopic (exact) mass is 495 g/mol. The highest BCUT2D eigenvalue weighted by molar-refractivity contribution is 8.05. The van der Waals surface area contributed by atoms with Crippen LogP contribution in [-0.2, 0) is 16.0 Å². The van der Waals surface area contributed by atoms with Gasteiger partial charge in [-0.1, -0.05) is 79.7 Å². The van der Waals surface area contributed by atoms with Crippen molar-refractivity contribution in [3.8, 4) is 6.07 Å². The lowest BCUT2D eigenvalue weighted by Crippen LogP contribution is -2.31. The number of nitrogens with one attached hydrogen (secondary N) is 1. The predicted octanol–water partition coefficient (Wildman–Crippen LogP) is 6.49. The van der Waals surface area contributed by atoms with Crippen LogP contribution >= 0.6 is 11.8 Å². The minimum absolute atomic E-state index is 0.0748. The van der Waals surface area contributed by atoms with Gasteiger partial charge < -0.3 is 5.32 Å². The van der Waals surface area contributed by atoms with E-state index in [1.54, 1.807) is 6.07 Å². The van der Waals surface area contributed by atoms with E-state index in [1.807, 2.05) is 80.6 Å². The maximum atomic E-state index is 13.7. The van der Waals surface area contributed by atoms with Crippen molar-refractivity contribution < 1.29 is 9.59 Å². The fourth-order valence-corrected chi connectivity index (χ4v) is 5.39. The number of hydrogen-bond donors (Lipinski definition) is 1. The van der Waals surface area contributed by atoms with Crippen LogP contribution < -0.4 is 10.2 Å². The molecule has 0 saturated carbocycles. The number of amides is 2. The Balaban J connectivity index is 1.73. The van der Waals surface area contributed by atoms with Gasteiger partial charge in [-0.15, -0.1) is 0 Å². The van der Waals surface area contributed by atoms with Gasteiger partial charge in [-0.05, 0) is 67.1 Å². The minimum atomic E-state index is -0.529. The summed E-state index contributed by atoms with van der Waals surface area (Å²) in [5.74, 6) is -0.316. The zero-order valence-electron chi connectivity index (χ0n) is 20.9. The van der Waals surface area contributed by atoms with Gasteiger partial charge in [0.1, 0.15) is 16.7 Å². The number of anilines is 2. The second kappa shape index (κ2) is 10.8. The zero-order chi connectivity index (χ0) is 25.8. The zero-order valence-corrected chi connectivity index (χ0v) is 21.7. The van der Waals surface area contributed by atoms with Crippen molar-refractivity contribution in [2.45, 2.75) is 45.3 Å². The molecule has 1 heterocycles. The highest BCUT2D eigenvalue weighted by Gasteiger charge is 2.40. The lowest BCUT2D eigenvalue weighted by Gasteiger charge is -2.19. The molecular weight excluding hydrogens is 466 g/mol. The van der Waals surface area contributed by atoms with Gasteiger partial charge in [-0.3, -0.25) is 14.5 Å². The minimum Gasteiger partial charge on any atom is -0.321 e. The van der Waals surface area contributed by atoms with Gasteiger partial charge >= 0.3 is 0 Å². The first-order valence-electron chi connectivity index (χ1n) is 12.0. The molecule has 36 heavy (non-hydrogen) atoms. The molecule has 1 aliphatic heterocycles. The Morgan fingerprint density at radius 2 is 1.72 bits per heavy atom. The number of nitrogens with zero attached hydrogens (tertiary/aromatic N) is 2. The third-order valence-electron chi connectivity index (χ3n) is 6.14. The van der Waals surface area contributed by atoms with E-state index in [9.17, 15) is 14.9 Å². The number of rotatable bonds is 6. The predicted molar refractivity (Wildman–Crippen MR) is 147 cm³/mol. The molecule has 1 fully saturated rings. The highest BCUT2D eigenvalue weighted by Crippen LogP contribution is 2.42. The molecular formula is C30H29N3O2S. The van der Waals surface area contributed by atoms with Crippen molar-refractivity contribution in [2.75, 3.05) is 10.2 Å². The van der Waals surface area contributed by atoms with Crippen LogP contribution in [0.4, 0.5) is 11.4 Å². The van der Waals surface area contributed by atoms with Crippen LogP contribution in [0.3, 0.4) is 0 Å². The Kier molecular flexibility index (Phi) is 7.61. The summed E-state index contributed by atoms with van der Waals surface area (Å²) in [6.45, 7) is 8.17. The van der Waals surface area contributed by atoms with Gasteiger partial charge in [-0.2, -0.15) is 5.26 Å². The summed E-state index contributed by atoms with van der Waals surface area (Å²) in [7, 11) is 0. The van der Waals surface area contributed by atoms with Gasteiger partial charge in [-0.25, -0.2) is 0 Å². The van der Waals surface area contributed by atoms with E-state index >= 15 is 0 Å². The van der Waals surface area contributed by atoms with Gasteiger partial charge in [0.25, 0.3) is 5.91 Å². The quantitative estimate of drug-likeness (QED) is 0.313. The van der Waals surface area contributed by atoms with Crippen LogP contribution in [0.15, 0.2) is 83.4 Å². The largest absolute Gasteiger partial charge is 0.321 e. The van der Waals surface area contributed by atoms with Crippen molar-refractivity contribution in [3.05, 3.63) is 106 Å². The third-order valence-corrected chi connectivity index (χ3v) is 7.40. The number of benzene rings is 3. The van der Waals surface area contributed by atoms with E-state index in [2.05, 4.69) is 25.2 Å². The lowest BCUT2D eigenvalue weighted by atomic mass is 10.0. The Labute approximate surface area is 216 Å². The molecule has 2 amide bonds. The first kappa shape index (κ1) is 25.3. The number of hydrogen-bond acceptors (Lipinski definition) is 4. The molecule has 1 atom stereocenters. The molecule has 1 saturated heterocycles. The molecule has 0 aromatic heterocycles. The Hall–Kier alpha value is -3.82. The summed E-state index contributed by atoms with van der Waals surface area (Å²) in [5, 5.41) is 12.8. The topological polar surface area (TPSA) is 73.2 Å². The second-order valence-electron chi connectivity index (χ2n) is 9.33. The third kappa shape index (κ3) is 5.53. The van der Waals surface area contributed by atoms with Crippen molar-refractivity contribution in [3.63, 3.8) is 0 Å². The Bertz CT molecular complexity index is 1350. The number of carbonyl (C=O) groups is 2. The van der Waals surface area contributed by atoms with Crippen molar-refractivity contribution >= 4 is 35.0 Å². The van der Waals surface area contributed by atoms with E-state index in [0.717, 1.165) is 22.3 Å². The first-order chi connectivity index (χ1) is 17.3. The average molecular weight is 496 g/mol. The van der Waals surface area contributed by atoms with Crippen LogP contribution in [0.25, 0.3) is 0 Å². The van der Waals surface area contributed by atoms with E-state index in [-0.39, 0.29) is 11.5 Å². The van der Waals surface area contributed by atoms with Crippen LogP contribution in [0.5, 0.6) is 0 Å². The van der Waals surface area contributed by atoms with Crippen molar-refractivity contribution in [1.82, 2.24) is 0 Å². The normalized spacial score (nSPS) is 16.7. The molecule has 6 heteroatoms. The molecule has 4 rings (SSSR count). The number of nitriles is 1. The molecule has 3 aromatic carbocycles. The van der Waals surface area contributed by atoms with E-state index in [0.29, 0.717) is 28.7 Å². The summed E-state index contributed by atoms with van der Waals surface area (Å²) in [4.78, 5) is 28.4. The number of thioether (sulfide) groups is 1. The molecule has 5 nitrogen and oxygen atoms in total. The summed E-state index contributed by atoms with van der Waals surface area (Å²) < 4.78 is 0. The van der Waals surface area contributed by atoms with Gasteiger partial charge in [0.2, 0.25) is 5.91 Å². The smallest absolute Gasteiger partial charge is 0.269 e. The molecule has 1 unspecified atom stereocenters. The summed E-state index contributed by atoms with van der Waals surface area (Å²) in [6, 6.07) is 25.3. The first-order valence-corrected chi connectivity index (χ1v) is 12.8. The summed E-state index contributed by atoms with van der Waals surface area (Å²) in [5.41, 5.74) is 5.50. The maximum absolute atomic E-state index is 13.7. The molecule has 182 valence electrons. The number of aryl methyl sites for hydroxylation is 2. The van der Waals surface area contributed by atoms with E-state index in [1.165, 1.54) is 16.7 Å². The van der Waals surface area contributed by atoms with Crippen LogP contribution in [0.1, 0.15) is 42.0 Å². The van der Waals surface area contributed by atoms with E-state index < -0.39 is 11.2 Å². The molecule has 3 aromatic rings. The number of carbonyl (C=O) groups excluding carboxylic acids is 2. The van der Waals surface area contributed by atoms with Crippen LogP contribution in [0, 0.1) is 25.2 Å². The highest BCUT2D eigenvalue weighted by atomic mass is 32.2. The van der Waals surface area contributed by atoms with Gasteiger partial charge in [0, 0.05) is 11.4 Å². The molecule has 1 N–H and O–H groups in total. The molecule has 0 aliphatic carbocycles. The fraction of sp³-hybridized carbons (Fsp3) is 0.233. The standard InChI is InChI=1S/C30H29N3O2S/c1-19(2)23-12-14-25(15-13-23)33-29(35)27(17-22-10-8-20(3)9-11-22)36-30(33)26(18-31)28(34)32-24-7-5-6-21(4)16-24/h5-16,19,27H,17H2,1-4H3,(H,32,34)/b30-26-. The van der Waals surface area contributed by atoms with Crippen LogP contribution in [-0.4, -0.2) is 17.1 Å². The Morgan fingerprint density at radius 3 is 2.33 bits per heavy atom. The lowest BCUT2D eigenvalue weighted by molar-refractivity contribution is -0.117. The average Bonchev–Trinajstić information content (AvgIpc) is 3.16. The molecule has 0 bridgehead atoms. The summed E-state index contributed by atoms with van der Waals surface area (Å²) >= 11 is 1.28. The fourth-order valence-electron chi connectivity index (χ4n) is 4.08. The van der Waals surface area contributed by atoms with Gasteiger partial charge in [0.15, 0.2) is 0 Å². The Morgan fingerprint density at radius 1 is 1.03 bits per heavy atom. The van der Waals surface area contributed by atoms with Crippen molar-refractivity contribution in [2.24, 2.45) is 0 Å².